The molecule has 0 saturated heterocycles. The fourth-order valence-corrected chi connectivity index (χ4v) is 0.902. The first-order valence-corrected chi connectivity index (χ1v) is 3.50. The zero-order valence-electron chi connectivity index (χ0n) is 6.87. The molecule has 0 amide bonds. The van der Waals surface area contributed by atoms with Crippen LogP contribution in [0.2, 0.25) is 0 Å². The Kier molecular flexibility index (Phi) is 2.42. The first kappa shape index (κ1) is 8.70. The van der Waals surface area contributed by atoms with Crippen molar-refractivity contribution in [1.29, 1.82) is 0 Å². The number of carbonyl (C=O) groups excluding carboxylic acids is 1. The minimum absolute atomic E-state index is 0.125. The summed E-state index contributed by atoms with van der Waals surface area (Å²) in [6.07, 6.45) is 0.996. The van der Waals surface area contributed by atoms with Gasteiger partial charge in [0.05, 0.1) is 13.3 Å². The third kappa shape index (κ3) is 1.30. The lowest BCUT2D eigenvalue weighted by Gasteiger charge is -2.01. The molecule has 5 heteroatoms. The molecule has 4 nitrogen and oxygen atoms in total. The van der Waals surface area contributed by atoms with Crippen LogP contribution in [0.5, 0.6) is 0 Å². The highest BCUT2D eigenvalue weighted by molar-refractivity contribution is 5.87. The van der Waals surface area contributed by atoms with E-state index in [-0.39, 0.29) is 5.69 Å². The van der Waals surface area contributed by atoms with Gasteiger partial charge in [-0.3, -0.25) is 4.68 Å². The molecule has 0 bridgehead atoms. The fraction of sp³-hybridized carbons (Fsp3) is 0.429. The number of methoxy groups -OCH3 is 1. The molecule has 0 unspecified atom stereocenters. The van der Waals surface area contributed by atoms with Crippen molar-refractivity contribution >= 4 is 5.97 Å². The van der Waals surface area contributed by atoms with Crippen LogP contribution in [0.4, 0.5) is 4.39 Å². The van der Waals surface area contributed by atoms with Crippen LogP contribution in [0.1, 0.15) is 17.4 Å². The Morgan fingerprint density at radius 2 is 2.50 bits per heavy atom. The molecule has 0 saturated carbocycles. The molecule has 1 aromatic rings. The summed E-state index contributed by atoms with van der Waals surface area (Å²) in [5.41, 5.74) is -0.125. The number of ether oxygens (including phenoxy) is 1. The van der Waals surface area contributed by atoms with Gasteiger partial charge in [0.2, 0.25) is 0 Å². The summed E-state index contributed by atoms with van der Waals surface area (Å²) < 4.78 is 18.5. The molecule has 1 aromatic heterocycles. The molecule has 0 aromatic carbocycles. The van der Waals surface area contributed by atoms with Gasteiger partial charge >= 0.3 is 5.97 Å². The third-order valence-electron chi connectivity index (χ3n) is 1.47. The zero-order valence-corrected chi connectivity index (χ0v) is 6.87. The summed E-state index contributed by atoms with van der Waals surface area (Å²) >= 11 is 0. The first-order chi connectivity index (χ1) is 5.70. The highest BCUT2D eigenvalue weighted by atomic mass is 19.1. The largest absolute Gasteiger partial charge is 0.464 e. The molecule has 66 valence electrons. The van der Waals surface area contributed by atoms with Gasteiger partial charge in [-0.2, -0.15) is 5.10 Å². The van der Waals surface area contributed by atoms with E-state index in [2.05, 4.69) is 9.84 Å². The second-order valence-corrected chi connectivity index (χ2v) is 2.15. The SMILES string of the molecule is CCn1ncc(F)c1C(=O)OC. The van der Waals surface area contributed by atoms with Gasteiger partial charge in [-0.05, 0) is 6.92 Å². The minimum atomic E-state index is -0.702. The average molecular weight is 172 g/mol. The molecule has 0 radical (unpaired) electrons. The Labute approximate surface area is 68.9 Å². The maximum Gasteiger partial charge on any atom is 0.359 e. The molecule has 0 N–H and O–H groups in total. The van der Waals surface area contributed by atoms with Gasteiger partial charge in [0.1, 0.15) is 0 Å². The highest BCUT2D eigenvalue weighted by Crippen LogP contribution is 2.07. The van der Waals surface area contributed by atoms with Crippen molar-refractivity contribution in [2.75, 3.05) is 7.11 Å². The van der Waals surface area contributed by atoms with Crippen LogP contribution in [-0.2, 0) is 11.3 Å². The number of nitrogens with zero attached hydrogens (tertiary/aromatic N) is 2. The Bertz CT molecular complexity index is 296. The first-order valence-electron chi connectivity index (χ1n) is 3.50. The van der Waals surface area contributed by atoms with Crippen molar-refractivity contribution in [3.63, 3.8) is 0 Å². The normalized spacial score (nSPS) is 9.92. The van der Waals surface area contributed by atoms with Crippen LogP contribution >= 0.6 is 0 Å². The molecule has 0 aliphatic carbocycles. The van der Waals surface area contributed by atoms with E-state index >= 15 is 0 Å². The summed E-state index contributed by atoms with van der Waals surface area (Å²) in [7, 11) is 1.20. The molecular weight excluding hydrogens is 163 g/mol. The van der Waals surface area contributed by atoms with Crippen LogP contribution in [0.3, 0.4) is 0 Å². The zero-order chi connectivity index (χ0) is 9.14. The molecule has 1 heterocycles. The van der Waals surface area contributed by atoms with E-state index in [1.807, 2.05) is 0 Å². The minimum Gasteiger partial charge on any atom is -0.464 e. The van der Waals surface area contributed by atoms with Gasteiger partial charge in [-0.15, -0.1) is 0 Å². The highest BCUT2D eigenvalue weighted by Gasteiger charge is 2.17. The predicted molar refractivity (Wildman–Crippen MR) is 39.2 cm³/mol. The number of carbonyl (C=O) groups is 1. The molecule has 12 heavy (non-hydrogen) atoms. The van der Waals surface area contributed by atoms with E-state index in [1.54, 1.807) is 6.92 Å². The third-order valence-corrected chi connectivity index (χ3v) is 1.47. The van der Waals surface area contributed by atoms with Crippen molar-refractivity contribution in [1.82, 2.24) is 9.78 Å². The number of aryl methyl sites for hydroxylation is 1. The summed E-state index contributed by atoms with van der Waals surface area (Å²) in [5, 5.41) is 3.64. The molecule has 0 spiro atoms. The standard InChI is InChI=1S/C7H9FN2O2/c1-3-10-6(7(11)12-2)5(8)4-9-10/h4H,3H2,1-2H3. The predicted octanol–water partition coefficient (Wildman–Crippen LogP) is 0.829. The van der Waals surface area contributed by atoms with Crippen LogP contribution in [0.15, 0.2) is 6.20 Å². The number of hydrogen-bond acceptors (Lipinski definition) is 3. The van der Waals surface area contributed by atoms with Crippen molar-refractivity contribution < 1.29 is 13.9 Å². The Morgan fingerprint density at radius 1 is 1.83 bits per heavy atom. The maximum atomic E-state index is 12.9. The number of aromatic nitrogens is 2. The molecule has 0 atom stereocenters. The van der Waals surface area contributed by atoms with Crippen molar-refractivity contribution in [3.8, 4) is 0 Å². The molecular formula is C7H9FN2O2. The molecule has 0 aliphatic heterocycles. The average Bonchev–Trinajstić information content (AvgIpc) is 2.45. The van der Waals surface area contributed by atoms with Gasteiger partial charge in [0.15, 0.2) is 11.5 Å². The monoisotopic (exact) mass is 172 g/mol. The summed E-state index contributed by atoms with van der Waals surface area (Å²) in [6, 6.07) is 0. The van der Waals surface area contributed by atoms with Gasteiger partial charge < -0.3 is 4.74 Å². The van der Waals surface area contributed by atoms with Crippen molar-refractivity contribution in [2.45, 2.75) is 13.5 Å². The van der Waals surface area contributed by atoms with Crippen LogP contribution in [0.25, 0.3) is 0 Å². The van der Waals surface area contributed by atoms with Crippen LogP contribution < -0.4 is 0 Å². The number of halogens is 1. The number of hydrogen-bond donors (Lipinski definition) is 0. The van der Waals surface area contributed by atoms with Gasteiger partial charge in [-0.1, -0.05) is 0 Å². The quantitative estimate of drug-likeness (QED) is 0.620. The van der Waals surface area contributed by atoms with E-state index in [4.69, 9.17) is 0 Å². The van der Waals surface area contributed by atoms with Gasteiger partial charge in [-0.25, -0.2) is 9.18 Å². The maximum absolute atomic E-state index is 12.9. The van der Waals surface area contributed by atoms with Crippen molar-refractivity contribution in [3.05, 3.63) is 17.7 Å². The lowest BCUT2D eigenvalue weighted by atomic mass is 10.4. The smallest absolute Gasteiger partial charge is 0.359 e. The molecule has 0 fully saturated rings. The van der Waals surface area contributed by atoms with E-state index in [9.17, 15) is 9.18 Å². The van der Waals surface area contributed by atoms with Crippen LogP contribution in [-0.4, -0.2) is 22.9 Å². The van der Waals surface area contributed by atoms with E-state index in [1.165, 1.54) is 11.8 Å². The Hall–Kier alpha value is -1.39. The summed E-state index contributed by atoms with van der Waals surface area (Å²) in [5.74, 6) is -1.35. The van der Waals surface area contributed by atoms with E-state index in [0.717, 1.165) is 6.20 Å². The fourth-order valence-electron chi connectivity index (χ4n) is 0.902. The van der Waals surface area contributed by atoms with Crippen molar-refractivity contribution in [2.24, 2.45) is 0 Å². The lowest BCUT2D eigenvalue weighted by molar-refractivity contribution is 0.0581. The summed E-state index contributed by atoms with van der Waals surface area (Å²) in [6.45, 7) is 2.20. The van der Waals surface area contributed by atoms with Gasteiger partial charge in [0.25, 0.3) is 0 Å². The lowest BCUT2D eigenvalue weighted by Crippen LogP contribution is -2.12. The Morgan fingerprint density at radius 3 is 3.00 bits per heavy atom. The summed E-state index contributed by atoms with van der Waals surface area (Å²) in [4.78, 5) is 11.0. The second-order valence-electron chi connectivity index (χ2n) is 2.15. The molecule has 1 rings (SSSR count). The van der Waals surface area contributed by atoms with E-state index in [0.29, 0.717) is 6.54 Å². The number of rotatable bonds is 2. The Balaban J connectivity index is 3.10. The van der Waals surface area contributed by atoms with Crippen LogP contribution in [0, 0.1) is 5.82 Å². The molecule has 0 aliphatic rings. The number of esters is 1. The topological polar surface area (TPSA) is 44.1 Å². The van der Waals surface area contributed by atoms with Gasteiger partial charge in [0, 0.05) is 6.54 Å². The van der Waals surface area contributed by atoms with E-state index < -0.39 is 11.8 Å². The second kappa shape index (κ2) is 3.34.